The highest BCUT2D eigenvalue weighted by molar-refractivity contribution is 6.01. The smallest absolute Gasteiger partial charge is 0.235 e. The SMILES string of the molecule is NC1=c2ccoc2=NCN1c1ccc(NC(=O)C2(c3cc(F)ccc3F)CC2)cc1. The number of hydrogen-bond acceptors (Lipinski definition) is 5. The fourth-order valence-electron chi connectivity index (χ4n) is 3.78. The number of nitrogens with zero attached hydrogens (tertiary/aromatic N) is 2. The molecule has 1 aliphatic carbocycles. The van der Waals surface area contributed by atoms with Crippen molar-refractivity contribution >= 4 is 23.1 Å². The van der Waals surface area contributed by atoms with Gasteiger partial charge in [-0.15, -0.1) is 0 Å². The molecule has 1 fully saturated rings. The Balaban J connectivity index is 1.36. The van der Waals surface area contributed by atoms with Crippen molar-refractivity contribution < 1.29 is 18.0 Å². The maximum Gasteiger partial charge on any atom is 0.235 e. The normalized spacial score (nSPS) is 16.6. The Kier molecular flexibility index (Phi) is 4.09. The first-order chi connectivity index (χ1) is 14.5. The molecule has 0 unspecified atom stereocenters. The molecule has 1 aliphatic heterocycles. The standard InChI is InChI=1S/C22H18F2N4O2/c23-13-1-6-18(24)17(11-13)22(8-9-22)21(29)27-14-2-4-15(5-3-14)28-12-26-20-16(19(28)25)7-10-30-20/h1-7,10-11H,8-9,12,25H2,(H,27,29). The van der Waals surface area contributed by atoms with Gasteiger partial charge in [-0.3, -0.25) is 4.79 Å². The van der Waals surface area contributed by atoms with Crippen molar-refractivity contribution in [3.8, 4) is 0 Å². The van der Waals surface area contributed by atoms with Crippen molar-refractivity contribution in [3.63, 3.8) is 0 Å². The van der Waals surface area contributed by atoms with Gasteiger partial charge in [0.1, 0.15) is 24.1 Å². The summed E-state index contributed by atoms with van der Waals surface area (Å²) in [5.41, 5.74) is 7.18. The van der Waals surface area contributed by atoms with Crippen LogP contribution < -0.4 is 26.7 Å². The topological polar surface area (TPSA) is 83.9 Å². The molecular weight excluding hydrogens is 390 g/mol. The van der Waals surface area contributed by atoms with Gasteiger partial charge in [0.15, 0.2) is 0 Å². The van der Waals surface area contributed by atoms with Crippen LogP contribution >= 0.6 is 0 Å². The van der Waals surface area contributed by atoms with Crippen LogP contribution in [0.5, 0.6) is 0 Å². The maximum atomic E-state index is 14.2. The molecule has 8 heteroatoms. The third-order valence-corrected chi connectivity index (χ3v) is 5.63. The number of carbonyl (C=O) groups excluding carboxylic acids is 1. The lowest BCUT2D eigenvalue weighted by atomic mass is 9.94. The van der Waals surface area contributed by atoms with Gasteiger partial charge in [0.2, 0.25) is 11.5 Å². The number of anilines is 2. The summed E-state index contributed by atoms with van der Waals surface area (Å²) in [4.78, 5) is 19.0. The first-order valence-corrected chi connectivity index (χ1v) is 9.50. The summed E-state index contributed by atoms with van der Waals surface area (Å²) in [5, 5.41) is 3.55. The zero-order valence-electron chi connectivity index (χ0n) is 15.9. The third kappa shape index (κ3) is 2.92. The van der Waals surface area contributed by atoms with Crippen LogP contribution in [0.15, 0.2) is 64.2 Å². The molecule has 1 saturated carbocycles. The first kappa shape index (κ1) is 18.4. The summed E-state index contributed by atoms with van der Waals surface area (Å²) in [5.74, 6) is -0.944. The minimum atomic E-state index is -1.02. The summed E-state index contributed by atoms with van der Waals surface area (Å²) < 4.78 is 33.1. The van der Waals surface area contributed by atoms with Gasteiger partial charge >= 0.3 is 0 Å². The molecule has 3 aromatic rings. The lowest BCUT2D eigenvalue weighted by Crippen LogP contribution is -2.42. The van der Waals surface area contributed by atoms with Crippen molar-refractivity contribution in [2.75, 3.05) is 16.9 Å². The Hall–Kier alpha value is -3.68. The van der Waals surface area contributed by atoms with E-state index in [1.807, 2.05) is 17.0 Å². The van der Waals surface area contributed by atoms with E-state index in [1.54, 1.807) is 18.2 Å². The van der Waals surface area contributed by atoms with Crippen molar-refractivity contribution in [2.24, 2.45) is 10.7 Å². The third-order valence-electron chi connectivity index (χ3n) is 5.63. The number of halogens is 2. The van der Waals surface area contributed by atoms with Gasteiger partial charge in [0, 0.05) is 16.9 Å². The molecule has 152 valence electrons. The number of nitrogens with two attached hydrogens (primary N) is 1. The number of amides is 1. The fraction of sp³-hybridized carbons (Fsp3) is 0.182. The van der Waals surface area contributed by atoms with Crippen LogP contribution in [0.3, 0.4) is 0 Å². The zero-order valence-corrected chi connectivity index (χ0v) is 15.9. The van der Waals surface area contributed by atoms with Gasteiger partial charge in [-0.05, 0) is 61.4 Å². The van der Waals surface area contributed by atoms with Crippen LogP contribution in [-0.2, 0) is 10.2 Å². The van der Waals surface area contributed by atoms with Crippen LogP contribution in [0.25, 0.3) is 5.82 Å². The Morgan fingerprint density at radius 2 is 1.90 bits per heavy atom. The highest BCUT2D eigenvalue weighted by Gasteiger charge is 2.53. The molecule has 0 atom stereocenters. The number of rotatable bonds is 4. The predicted octanol–water partition coefficient (Wildman–Crippen LogP) is 2.35. The number of benzene rings is 2. The molecule has 0 saturated heterocycles. The molecule has 0 bridgehead atoms. The van der Waals surface area contributed by atoms with Gasteiger partial charge < -0.3 is 20.4 Å². The second kappa shape index (κ2) is 6.69. The summed E-state index contributed by atoms with van der Waals surface area (Å²) in [7, 11) is 0. The molecule has 3 N–H and O–H groups in total. The second-order valence-electron chi connectivity index (χ2n) is 7.46. The minimum absolute atomic E-state index is 0.102. The number of fused-ring (bicyclic) bond motifs is 1. The molecule has 0 spiro atoms. The molecule has 2 aliphatic rings. The number of furan rings is 1. The van der Waals surface area contributed by atoms with E-state index >= 15 is 0 Å². The highest BCUT2D eigenvalue weighted by atomic mass is 19.1. The molecule has 30 heavy (non-hydrogen) atoms. The highest BCUT2D eigenvalue weighted by Crippen LogP contribution is 2.50. The van der Waals surface area contributed by atoms with Gasteiger partial charge in [0.05, 0.1) is 16.9 Å². The van der Waals surface area contributed by atoms with Crippen molar-refractivity contribution in [1.82, 2.24) is 0 Å². The summed E-state index contributed by atoms with van der Waals surface area (Å²) in [6.45, 7) is 0.319. The van der Waals surface area contributed by atoms with E-state index in [9.17, 15) is 13.6 Å². The van der Waals surface area contributed by atoms with E-state index in [0.29, 0.717) is 36.6 Å². The maximum absolute atomic E-state index is 14.2. The van der Waals surface area contributed by atoms with E-state index in [-0.39, 0.29) is 11.5 Å². The van der Waals surface area contributed by atoms with Crippen molar-refractivity contribution in [1.29, 1.82) is 0 Å². The molecule has 6 nitrogen and oxygen atoms in total. The molecule has 2 heterocycles. The Morgan fingerprint density at radius 1 is 1.13 bits per heavy atom. The van der Waals surface area contributed by atoms with Crippen LogP contribution in [-0.4, -0.2) is 12.6 Å². The Bertz CT molecular complexity index is 1260. The van der Waals surface area contributed by atoms with E-state index in [2.05, 4.69) is 10.3 Å². The Labute approximate surface area is 170 Å². The largest absolute Gasteiger partial charge is 0.446 e. The van der Waals surface area contributed by atoms with E-state index < -0.39 is 17.0 Å². The van der Waals surface area contributed by atoms with E-state index in [4.69, 9.17) is 10.2 Å². The van der Waals surface area contributed by atoms with Crippen LogP contribution in [0.4, 0.5) is 20.2 Å². The summed E-state index contributed by atoms with van der Waals surface area (Å²) >= 11 is 0. The monoisotopic (exact) mass is 408 g/mol. The number of hydrogen-bond donors (Lipinski definition) is 2. The quantitative estimate of drug-likeness (QED) is 0.694. The van der Waals surface area contributed by atoms with Crippen LogP contribution in [0.1, 0.15) is 18.4 Å². The molecule has 1 aromatic heterocycles. The van der Waals surface area contributed by atoms with Gasteiger partial charge in [-0.2, -0.15) is 0 Å². The predicted molar refractivity (Wildman–Crippen MR) is 107 cm³/mol. The van der Waals surface area contributed by atoms with E-state index in [0.717, 1.165) is 29.1 Å². The van der Waals surface area contributed by atoms with Gasteiger partial charge in [-0.1, -0.05) is 0 Å². The molecule has 5 rings (SSSR count). The van der Waals surface area contributed by atoms with Crippen LogP contribution in [0.2, 0.25) is 0 Å². The average Bonchev–Trinajstić information content (AvgIpc) is 3.41. The number of carbonyl (C=O) groups is 1. The Morgan fingerprint density at radius 3 is 2.63 bits per heavy atom. The van der Waals surface area contributed by atoms with E-state index in [1.165, 1.54) is 6.26 Å². The first-order valence-electron chi connectivity index (χ1n) is 9.50. The van der Waals surface area contributed by atoms with Gasteiger partial charge in [0.25, 0.3) is 0 Å². The lowest BCUT2D eigenvalue weighted by Gasteiger charge is -2.24. The molecule has 1 amide bonds. The summed E-state index contributed by atoms with van der Waals surface area (Å²) in [6, 6.07) is 12.1. The fourth-order valence-corrected chi connectivity index (χ4v) is 3.78. The van der Waals surface area contributed by atoms with Crippen molar-refractivity contribution in [2.45, 2.75) is 18.3 Å². The lowest BCUT2D eigenvalue weighted by molar-refractivity contribution is -0.118. The average molecular weight is 408 g/mol. The van der Waals surface area contributed by atoms with Gasteiger partial charge in [-0.25, -0.2) is 13.8 Å². The number of nitrogens with one attached hydrogen (secondary N) is 1. The second-order valence-corrected chi connectivity index (χ2v) is 7.46. The molecule has 0 radical (unpaired) electrons. The summed E-state index contributed by atoms with van der Waals surface area (Å²) in [6.07, 6.45) is 2.49. The minimum Gasteiger partial charge on any atom is -0.446 e. The molecular formula is C22H18F2N4O2. The van der Waals surface area contributed by atoms with Crippen molar-refractivity contribution in [3.05, 3.63) is 82.8 Å². The molecule has 2 aromatic carbocycles. The zero-order chi connectivity index (χ0) is 20.9. The van der Waals surface area contributed by atoms with Crippen LogP contribution in [0, 0.1) is 11.6 Å².